The van der Waals surface area contributed by atoms with E-state index in [1.165, 1.54) is 0 Å². The van der Waals surface area contributed by atoms with E-state index in [-0.39, 0.29) is 24.9 Å². The van der Waals surface area contributed by atoms with Gasteiger partial charge in [0, 0.05) is 24.4 Å². The molecule has 0 unspecified atom stereocenters. The van der Waals surface area contributed by atoms with Crippen molar-refractivity contribution in [1.29, 1.82) is 0 Å². The first kappa shape index (κ1) is 18.6. The van der Waals surface area contributed by atoms with Gasteiger partial charge >= 0.3 is 5.97 Å². The van der Waals surface area contributed by atoms with Crippen molar-refractivity contribution in [2.75, 3.05) is 6.54 Å². The average molecular weight is 363 g/mol. The van der Waals surface area contributed by atoms with Gasteiger partial charge in [-0.1, -0.05) is 42.5 Å². The fourth-order valence-electron chi connectivity index (χ4n) is 2.88. The van der Waals surface area contributed by atoms with Gasteiger partial charge in [-0.15, -0.1) is 0 Å². The Morgan fingerprint density at radius 1 is 1.04 bits per heavy atom. The Kier molecular flexibility index (Phi) is 6.15. The van der Waals surface area contributed by atoms with Gasteiger partial charge in [0.25, 0.3) is 5.91 Å². The standard InChI is InChI=1S/C22H22N2O3/c1-24-15-19(14-18-10-5-6-11-20(18)24)22(26)23-13-7-12-21(25)27-16-17-8-3-2-4-9-17/h2-6,8-11,14-15H,7,12-13,16H2,1H3/p+1. The van der Waals surface area contributed by atoms with Crippen LogP contribution in [0.2, 0.25) is 0 Å². The number of rotatable bonds is 7. The smallest absolute Gasteiger partial charge is 0.306 e. The Hall–Kier alpha value is -3.21. The number of nitrogens with zero attached hydrogens (tertiary/aromatic N) is 1. The fraction of sp³-hybridized carbons (Fsp3) is 0.227. The van der Waals surface area contributed by atoms with E-state index < -0.39 is 0 Å². The van der Waals surface area contributed by atoms with Crippen LogP contribution in [0.25, 0.3) is 10.9 Å². The Morgan fingerprint density at radius 3 is 2.59 bits per heavy atom. The molecule has 1 aromatic heterocycles. The van der Waals surface area contributed by atoms with Crippen LogP contribution in [0.3, 0.4) is 0 Å². The number of ether oxygens (including phenoxy) is 1. The van der Waals surface area contributed by atoms with Crippen LogP contribution in [0.5, 0.6) is 0 Å². The molecule has 0 atom stereocenters. The predicted molar refractivity (Wildman–Crippen MR) is 103 cm³/mol. The molecule has 0 bridgehead atoms. The van der Waals surface area contributed by atoms with Gasteiger partial charge in [0.1, 0.15) is 19.2 Å². The van der Waals surface area contributed by atoms with Crippen LogP contribution in [0.15, 0.2) is 66.9 Å². The van der Waals surface area contributed by atoms with Crippen LogP contribution in [-0.2, 0) is 23.2 Å². The van der Waals surface area contributed by atoms with Crippen LogP contribution in [0, 0.1) is 0 Å². The minimum Gasteiger partial charge on any atom is -0.461 e. The van der Waals surface area contributed by atoms with Crippen molar-refractivity contribution in [1.82, 2.24) is 5.32 Å². The van der Waals surface area contributed by atoms with E-state index >= 15 is 0 Å². The highest BCUT2D eigenvalue weighted by Gasteiger charge is 2.13. The van der Waals surface area contributed by atoms with Crippen molar-refractivity contribution in [2.24, 2.45) is 7.05 Å². The lowest BCUT2D eigenvalue weighted by molar-refractivity contribution is -0.645. The van der Waals surface area contributed by atoms with Gasteiger partial charge in [0.05, 0.1) is 0 Å². The molecule has 5 heteroatoms. The zero-order chi connectivity index (χ0) is 19.1. The van der Waals surface area contributed by atoms with Crippen molar-refractivity contribution >= 4 is 22.8 Å². The summed E-state index contributed by atoms with van der Waals surface area (Å²) in [6, 6.07) is 19.4. The molecule has 1 N–H and O–H groups in total. The second kappa shape index (κ2) is 8.94. The first-order chi connectivity index (χ1) is 13.1. The Morgan fingerprint density at radius 2 is 1.78 bits per heavy atom. The number of aromatic nitrogens is 1. The molecule has 0 saturated heterocycles. The van der Waals surface area contributed by atoms with Gasteiger partial charge in [0.15, 0.2) is 6.20 Å². The third kappa shape index (κ3) is 5.14. The lowest BCUT2D eigenvalue weighted by Gasteiger charge is -2.07. The van der Waals surface area contributed by atoms with Crippen molar-refractivity contribution in [3.8, 4) is 0 Å². The molecule has 2 aromatic carbocycles. The maximum Gasteiger partial charge on any atom is 0.306 e. The van der Waals surface area contributed by atoms with Gasteiger partial charge < -0.3 is 10.1 Å². The normalized spacial score (nSPS) is 10.6. The van der Waals surface area contributed by atoms with Crippen molar-refractivity contribution in [3.05, 3.63) is 78.0 Å². The summed E-state index contributed by atoms with van der Waals surface area (Å²) < 4.78 is 7.16. The van der Waals surface area contributed by atoms with E-state index in [0.717, 1.165) is 16.5 Å². The highest BCUT2D eigenvalue weighted by molar-refractivity contribution is 5.96. The number of carbonyl (C=O) groups is 2. The van der Waals surface area contributed by atoms with E-state index in [1.54, 1.807) is 0 Å². The number of benzene rings is 2. The molecule has 0 aliphatic heterocycles. The van der Waals surface area contributed by atoms with E-state index in [4.69, 9.17) is 4.74 Å². The van der Waals surface area contributed by atoms with E-state index in [2.05, 4.69) is 5.32 Å². The molecule has 0 aliphatic carbocycles. The van der Waals surface area contributed by atoms with Crippen molar-refractivity contribution in [2.45, 2.75) is 19.4 Å². The molecule has 3 aromatic rings. The molecule has 0 aliphatic rings. The zero-order valence-electron chi connectivity index (χ0n) is 15.4. The highest BCUT2D eigenvalue weighted by atomic mass is 16.5. The molecule has 1 amide bonds. The Labute approximate surface area is 158 Å². The monoisotopic (exact) mass is 363 g/mol. The van der Waals surface area contributed by atoms with Crippen LogP contribution < -0.4 is 9.88 Å². The first-order valence-corrected chi connectivity index (χ1v) is 8.99. The third-order valence-corrected chi connectivity index (χ3v) is 4.31. The second-order valence-corrected chi connectivity index (χ2v) is 6.40. The van der Waals surface area contributed by atoms with Crippen LogP contribution in [-0.4, -0.2) is 18.4 Å². The Balaban J connectivity index is 1.44. The van der Waals surface area contributed by atoms with E-state index in [9.17, 15) is 9.59 Å². The molecule has 5 nitrogen and oxygen atoms in total. The third-order valence-electron chi connectivity index (χ3n) is 4.31. The second-order valence-electron chi connectivity index (χ2n) is 6.40. The predicted octanol–water partition coefficient (Wildman–Crippen LogP) is 2.92. The number of carbonyl (C=O) groups excluding carboxylic acids is 2. The van der Waals surface area contributed by atoms with E-state index in [0.29, 0.717) is 18.5 Å². The number of pyridine rings is 1. The largest absolute Gasteiger partial charge is 0.461 e. The van der Waals surface area contributed by atoms with E-state index in [1.807, 2.05) is 78.5 Å². The summed E-state index contributed by atoms with van der Waals surface area (Å²) in [6.45, 7) is 0.704. The summed E-state index contributed by atoms with van der Waals surface area (Å²) in [5.74, 6) is -0.404. The molecular weight excluding hydrogens is 340 g/mol. The van der Waals surface area contributed by atoms with Gasteiger partial charge in [-0.2, -0.15) is 0 Å². The van der Waals surface area contributed by atoms with Gasteiger partial charge in [0.2, 0.25) is 5.52 Å². The van der Waals surface area contributed by atoms with Crippen molar-refractivity contribution < 1.29 is 18.9 Å². The quantitative estimate of drug-likeness (QED) is 0.399. The maximum atomic E-state index is 12.4. The number of hydrogen-bond acceptors (Lipinski definition) is 3. The van der Waals surface area contributed by atoms with Gasteiger partial charge in [-0.05, 0) is 24.1 Å². The number of esters is 1. The topological polar surface area (TPSA) is 59.3 Å². The molecule has 0 spiro atoms. The Bertz CT molecular complexity index is 939. The molecule has 1 heterocycles. The minimum absolute atomic E-state index is 0.144. The summed E-state index contributed by atoms with van der Waals surface area (Å²) in [5, 5.41) is 3.87. The number of amides is 1. The van der Waals surface area contributed by atoms with Gasteiger partial charge in [-0.25, -0.2) is 4.57 Å². The lowest BCUT2D eigenvalue weighted by Crippen LogP contribution is -2.33. The SMILES string of the molecule is C[n+]1cc(C(=O)NCCCC(=O)OCc2ccccc2)cc2ccccc21. The summed E-state index contributed by atoms with van der Waals surface area (Å²) in [6.07, 6.45) is 2.63. The summed E-state index contributed by atoms with van der Waals surface area (Å²) in [5.41, 5.74) is 2.63. The molecule has 3 rings (SSSR count). The first-order valence-electron chi connectivity index (χ1n) is 8.99. The molecule has 0 fully saturated rings. The van der Waals surface area contributed by atoms with Crippen LogP contribution in [0.1, 0.15) is 28.8 Å². The number of nitrogens with one attached hydrogen (secondary N) is 1. The zero-order valence-corrected chi connectivity index (χ0v) is 15.4. The summed E-state index contributed by atoms with van der Waals surface area (Å²) >= 11 is 0. The molecule has 27 heavy (non-hydrogen) atoms. The molecular formula is C22H23N2O3+. The molecule has 0 saturated carbocycles. The van der Waals surface area contributed by atoms with Gasteiger partial charge in [-0.3, -0.25) is 9.59 Å². The number of fused-ring (bicyclic) bond motifs is 1. The number of aryl methyl sites for hydroxylation is 1. The molecule has 0 radical (unpaired) electrons. The highest BCUT2D eigenvalue weighted by Crippen LogP contribution is 2.11. The number of hydrogen-bond donors (Lipinski definition) is 1. The van der Waals surface area contributed by atoms with Crippen LogP contribution in [0.4, 0.5) is 0 Å². The minimum atomic E-state index is -0.259. The van der Waals surface area contributed by atoms with Crippen molar-refractivity contribution in [3.63, 3.8) is 0 Å². The summed E-state index contributed by atoms with van der Waals surface area (Å²) in [7, 11) is 1.92. The average Bonchev–Trinajstić information content (AvgIpc) is 2.70. The maximum absolute atomic E-state index is 12.4. The fourth-order valence-corrected chi connectivity index (χ4v) is 2.88. The lowest BCUT2D eigenvalue weighted by atomic mass is 10.1. The van der Waals surface area contributed by atoms with Crippen LogP contribution >= 0.6 is 0 Å². The molecule has 138 valence electrons. The summed E-state index contributed by atoms with van der Waals surface area (Å²) in [4.78, 5) is 24.1. The number of para-hydroxylation sites is 1.